The highest BCUT2D eigenvalue weighted by molar-refractivity contribution is 5.88. The van der Waals surface area contributed by atoms with Crippen molar-refractivity contribution < 1.29 is 46.4 Å². The summed E-state index contributed by atoms with van der Waals surface area (Å²) in [5.74, 6) is -2.66. The number of fused-ring (bicyclic) bond motifs is 1. The van der Waals surface area contributed by atoms with Gasteiger partial charge in [-0.2, -0.15) is 0 Å². The molecule has 0 bridgehead atoms. The summed E-state index contributed by atoms with van der Waals surface area (Å²) in [5.41, 5.74) is -1.11. The molecule has 0 atom stereocenters. The van der Waals surface area contributed by atoms with Gasteiger partial charge in [-0.05, 0) is 12.1 Å². The lowest BCUT2D eigenvalue weighted by Gasteiger charge is -2.09. The molecule has 0 aliphatic heterocycles. The Morgan fingerprint density at radius 3 is 1.96 bits per heavy atom. The van der Waals surface area contributed by atoms with Gasteiger partial charge in [-0.15, -0.1) is 0 Å². The van der Waals surface area contributed by atoms with Gasteiger partial charge in [-0.25, -0.2) is 0 Å². The molecule has 0 radical (unpaired) electrons. The maximum atomic E-state index is 12.2. The summed E-state index contributed by atoms with van der Waals surface area (Å²) in [5, 5.41) is 47.9. The summed E-state index contributed by atoms with van der Waals surface area (Å²) < 4.78 is 5.33. The van der Waals surface area contributed by atoms with Crippen molar-refractivity contribution in [3.8, 4) is 40.1 Å². The standard InChI is InChI=1S/C15H10O7.3H2O/c16-6-1-2-8(9(18)3-6)15-14(21)13(20)12-10(19)4-7(17)5-11(12)22-15;;;/h1-5,16-19,21H;3*1H2. The normalized spacial score (nSPS) is 9.60. The average Bonchev–Trinajstić information content (AvgIpc) is 2.42. The van der Waals surface area contributed by atoms with Crippen molar-refractivity contribution in [3.05, 3.63) is 40.6 Å². The third-order valence-corrected chi connectivity index (χ3v) is 3.16. The predicted octanol–water partition coefficient (Wildman–Crippen LogP) is -0.486. The molecule has 3 rings (SSSR count). The van der Waals surface area contributed by atoms with Gasteiger partial charge in [0, 0.05) is 18.2 Å². The third-order valence-electron chi connectivity index (χ3n) is 3.16. The quantitative estimate of drug-likeness (QED) is 0.384. The van der Waals surface area contributed by atoms with Gasteiger partial charge in [0.15, 0.2) is 5.76 Å². The molecule has 0 aliphatic carbocycles. The first-order chi connectivity index (χ1) is 10.4. The largest absolute Gasteiger partial charge is 0.508 e. The van der Waals surface area contributed by atoms with E-state index in [0.717, 1.165) is 18.2 Å². The average molecular weight is 356 g/mol. The van der Waals surface area contributed by atoms with E-state index in [2.05, 4.69) is 0 Å². The number of aromatic hydroxyl groups is 5. The molecule has 1 aromatic heterocycles. The topological polar surface area (TPSA) is 226 Å². The zero-order valence-corrected chi connectivity index (χ0v) is 12.4. The van der Waals surface area contributed by atoms with Crippen molar-refractivity contribution in [2.75, 3.05) is 0 Å². The summed E-state index contributed by atoms with van der Waals surface area (Å²) in [6.07, 6.45) is 0. The van der Waals surface area contributed by atoms with Crippen LogP contribution in [0.15, 0.2) is 39.5 Å². The van der Waals surface area contributed by atoms with Crippen LogP contribution < -0.4 is 5.43 Å². The highest BCUT2D eigenvalue weighted by atomic mass is 16.4. The molecule has 0 unspecified atom stereocenters. The van der Waals surface area contributed by atoms with Crippen molar-refractivity contribution in [1.82, 2.24) is 0 Å². The Morgan fingerprint density at radius 1 is 0.760 bits per heavy atom. The van der Waals surface area contributed by atoms with Crippen LogP contribution in [0, 0.1) is 0 Å². The first kappa shape index (κ1) is 21.5. The number of hydrogen-bond donors (Lipinski definition) is 5. The molecule has 136 valence electrons. The van der Waals surface area contributed by atoms with Gasteiger partial charge in [-0.3, -0.25) is 4.79 Å². The minimum Gasteiger partial charge on any atom is -0.508 e. The SMILES string of the molecule is O.O.O.O=c1c(O)c(-c2ccc(O)cc2O)oc2cc(O)cc(O)c12. The third kappa shape index (κ3) is 3.40. The van der Waals surface area contributed by atoms with E-state index in [9.17, 15) is 30.3 Å². The van der Waals surface area contributed by atoms with Crippen LogP contribution in [0.25, 0.3) is 22.3 Å². The summed E-state index contributed by atoms with van der Waals surface area (Å²) in [7, 11) is 0. The van der Waals surface area contributed by atoms with E-state index >= 15 is 0 Å². The van der Waals surface area contributed by atoms with Crippen LogP contribution in [0.3, 0.4) is 0 Å². The van der Waals surface area contributed by atoms with E-state index in [4.69, 9.17) is 4.42 Å². The predicted molar refractivity (Wildman–Crippen MR) is 87.1 cm³/mol. The maximum absolute atomic E-state index is 12.2. The molecule has 10 nitrogen and oxygen atoms in total. The number of phenols is 4. The fourth-order valence-corrected chi connectivity index (χ4v) is 2.17. The second-order valence-electron chi connectivity index (χ2n) is 4.65. The lowest BCUT2D eigenvalue weighted by atomic mass is 10.1. The minimum atomic E-state index is -0.916. The van der Waals surface area contributed by atoms with Gasteiger partial charge < -0.3 is 46.4 Å². The van der Waals surface area contributed by atoms with Crippen molar-refractivity contribution in [3.63, 3.8) is 0 Å². The Hall–Kier alpha value is -3.47. The second-order valence-corrected chi connectivity index (χ2v) is 4.65. The Labute approximate surface area is 139 Å². The molecule has 0 amide bonds. The Kier molecular flexibility index (Phi) is 6.37. The van der Waals surface area contributed by atoms with E-state index in [1.54, 1.807) is 0 Å². The fourth-order valence-electron chi connectivity index (χ4n) is 2.17. The lowest BCUT2D eigenvalue weighted by molar-refractivity contribution is 0.433. The molecule has 0 fully saturated rings. The maximum Gasteiger partial charge on any atom is 0.238 e. The van der Waals surface area contributed by atoms with Gasteiger partial charge >= 0.3 is 0 Å². The smallest absolute Gasteiger partial charge is 0.238 e. The number of benzene rings is 2. The summed E-state index contributed by atoms with van der Waals surface area (Å²) >= 11 is 0. The molecule has 0 saturated carbocycles. The number of rotatable bonds is 1. The Bertz CT molecular complexity index is 961. The molecule has 1 heterocycles. The molecule has 3 aromatic rings. The Balaban J connectivity index is 0.00000192. The van der Waals surface area contributed by atoms with Gasteiger partial charge in [0.1, 0.15) is 34.0 Å². The molecule has 0 spiro atoms. The molecule has 10 heteroatoms. The van der Waals surface area contributed by atoms with Gasteiger partial charge in [0.05, 0.1) is 5.56 Å². The molecular weight excluding hydrogens is 340 g/mol. The van der Waals surface area contributed by atoms with Crippen LogP contribution in [-0.2, 0) is 0 Å². The molecule has 0 saturated heterocycles. The summed E-state index contributed by atoms with van der Waals surface area (Å²) in [6.45, 7) is 0. The number of phenolic OH excluding ortho intramolecular Hbond substituents is 4. The van der Waals surface area contributed by atoms with E-state index in [0.29, 0.717) is 0 Å². The van der Waals surface area contributed by atoms with Crippen molar-refractivity contribution in [2.24, 2.45) is 0 Å². The molecule has 0 aliphatic rings. The highest BCUT2D eigenvalue weighted by Crippen LogP contribution is 2.39. The van der Waals surface area contributed by atoms with E-state index < -0.39 is 22.7 Å². The first-order valence-electron chi connectivity index (χ1n) is 6.12. The zero-order valence-electron chi connectivity index (χ0n) is 12.4. The molecular formula is C15H16O10. The lowest BCUT2D eigenvalue weighted by Crippen LogP contribution is -2.03. The van der Waals surface area contributed by atoms with Gasteiger partial charge in [-0.1, -0.05) is 0 Å². The van der Waals surface area contributed by atoms with Crippen LogP contribution in [-0.4, -0.2) is 42.0 Å². The van der Waals surface area contributed by atoms with E-state index in [1.165, 1.54) is 12.1 Å². The zero-order chi connectivity index (χ0) is 16.0. The van der Waals surface area contributed by atoms with Crippen LogP contribution in [0.1, 0.15) is 0 Å². The highest BCUT2D eigenvalue weighted by Gasteiger charge is 2.20. The summed E-state index contributed by atoms with van der Waals surface area (Å²) in [6, 6.07) is 5.53. The molecule has 11 N–H and O–H groups in total. The van der Waals surface area contributed by atoms with Gasteiger partial charge in [0.25, 0.3) is 0 Å². The van der Waals surface area contributed by atoms with Crippen molar-refractivity contribution in [1.29, 1.82) is 0 Å². The first-order valence-corrected chi connectivity index (χ1v) is 6.12. The number of hydrogen-bond acceptors (Lipinski definition) is 7. The van der Waals surface area contributed by atoms with E-state index in [-0.39, 0.29) is 50.2 Å². The van der Waals surface area contributed by atoms with Crippen molar-refractivity contribution >= 4 is 11.0 Å². The second kappa shape index (κ2) is 7.40. The van der Waals surface area contributed by atoms with E-state index in [1.807, 2.05) is 0 Å². The Morgan fingerprint density at radius 2 is 1.36 bits per heavy atom. The van der Waals surface area contributed by atoms with Crippen LogP contribution >= 0.6 is 0 Å². The monoisotopic (exact) mass is 356 g/mol. The van der Waals surface area contributed by atoms with Gasteiger partial charge in [0.2, 0.25) is 11.2 Å². The van der Waals surface area contributed by atoms with Crippen LogP contribution in [0.2, 0.25) is 0 Å². The van der Waals surface area contributed by atoms with Crippen LogP contribution in [0.4, 0.5) is 0 Å². The minimum absolute atomic E-state index is 0. The fraction of sp³-hybridized carbons (Fsp3) is 0. The molecule has 2 aromatic carbocycles. The van der Waals surface area contributed by atoms with Crippen LogP contribution in [0.5, 0.6) is 28.7 Å². The van der Waals surface area contributed by atoms with Crippen molar-refractivity contribution in [2.45, 2.75) is 0 Å². The summed E-state index contributed by atoms with van der Waals surface area (Å²) in [4.78, 5) is 12.2. The molecule has 25 heavy (non-hydrogen) atoms.